The van der Waals surface area contributed by atoms with Gasteiger partial charge < -0.3 is 4.74 Å². The zero-order chi connectivity index (χ0) is 9.14. The van der Waals surface area contributed by atoms with Gasteiger partial charge in [0.1, 0.15) is 0 Å². The van der Waals surface area contributed by atoms with E-state index in [1.165, 1.54) is 12.2 Å². The van der Waals surface area contributed by atoms with E-state index in [1.807, 2.05) is 0 Å². The molecule has 0 heterocycles. The molecule has 1 rings (SSSR count). The van der Waals surface area contributed by atoms with Gasteiger partial charge in [0.2, 0.25) is 5.78 Å². The SMILES string of the molecule is CCOC1=CC(=O)C=C(Br)C1=O. The summed E-state index contributed by atoms with van der Waals surface area (Å²) >= 11 is 2.97. The van der Waals surface area contributed by atoms with Crippen LogP contribution in [0.2, 0.25) is 0 Å². The largest absolute Gasteiger partial charge is 0.490 e. The summed E-state index contributed by atoms with van der Waals surface area (Å²) in [6, 6.07) is 0. The molecule has 1 aliphatic carbocycles. The average molecular weight is 231 g/mol. The minimum Gasteiger partial charge on any atom is -0.490 e. The average Bonchev–Trinajstić information content (AvgIpc) is 2.00. The van der Waals surface area contributed by atoms with E-state index in [2.05, 4.69) is 15.9 Å². The lowest BCUT2D eigenvalue weighted by molar-refractivity contribution is -0.117. The van der Waals surface area contributed by atoms with Gasteiger partial charge in [0, 0.05) is 12.2 Å². The van der Waals surface area contributed by atoms with Crippen LogP contribution in [0.15, 0.2) is 22.4 Å². The summed E-state index contributed by atoms with van der Waals surface area (Å²) in [5, 5.41) is 0. The van der Waals surface area contributed by atoms with Crippen LogP contribution >= 0.6 is 15.9 Å². The number of hydrogen-bond donors (Lipinski definition) is 0. The summed E-state index contributed by atoms with van der Waals surface area (Å²) in [4.78, 5) is 22.1. The molecule has 0 spiro atoms. The molecule has 0 N–H and O–H groups in total. The van der Waals surface area contributed by atoms with Crippen LogP contribution in [-0.2, 0) is 14.3 Å². The molecule has 3 nitrogen and oxygen atoms in total. The molecule has 0 saturated heterocycles. The quantitative estimate of drug-likeness (QED) is 0.673. The Morgan fingerprint density at radius 2 is 2.08 bits per heavy atom. The Labute approximate surface area is 78.2 Å². The minimum absolute atomic E-state index is 0.108. The molecule has 0 atom stereocenters. The standard InChI is InChI=1S/C8H7BrO3/c1-2-12-7-4-5(10)3-6(9)8(7)11/h3-4H,2H2,1H3. The van der Waals surface area contributed by atoms with Crippen molar-refractivity contribution in [1.29, 1.82) is 0 Å². The predicted octanol–water partition coefficient (Wildman–Crippen LogP) is 1.34. The maximum Gasteiger partial charge on any atom is 0.234 e. The van der Waals surface area contributed by atoms with E-state index >= 15 is 0 Å². The van der Waals surface area contributed by atoms with Crippen LogP contribution in [0.3, 0.4) is 0 Å². The molecule has 4 heteroatoms. The third-order valence-corrected chi connectivity index (χ3v) is 1.87. The maximum absolute atomic E-state index is 11.2. The second-order valence-corrected chi connectivity index (χ2v) is 3.02. The van der Waals surface area contributed by atoms with Crippen LogP contribution < -0.4 is 0 Å². The van der Waals surface area contributed by atoms with Crippen LogP contribution in [0.4, 0.5) is 0 Å². The van der Waals surface area contributed by atoms with Gasteiger partial charge in [-0.15, -0.1) is 0 Å². The molecule has 12 heavy (non-hydrogen) atoms. The highest BCUT2D eigenvalue weighted by Crippen LogP contribution is 2.18. The highest BCUT2D eigenvalue weighted by atomic mass is 79.9. The number of halogens is 1. The van der Waals surface area contributed by atoms with E-state index in [9.17, 15) is 9.59 Å². The lowest BCUT2D eigenvalue weighted by Crippen LogP contribution is -2.13. The van der Waals surface area contributed by atoms with Crippen molar-refractivity contribution in [2.75, 3.05) is 6.61 Å². The van der Waals surface area contributed by atoms with Crippen molar-refractivity contribution < 1.29 is 14.3 Å². The van der Waals surface area contributed by atoms with Crippen molar-refractivity contribution in [3.8, 4) is 0 Å². The molecule has 0 radical (unpaired) electrons. The summed E-state index contributed by atoms with van der Waals surface area (Å²) < 4.78 is 5.20. The fraction of sp³-hybridized carbons (Fsp3) is 0.250. The molecule has 0 fully saturated rings. The number of carbonyl (C=O) groups excluding carboxylic acids is 2. The van der Waals surface area contributed by atoms with Gasteiger partial charge in [0.25, 0.3) is 0 Å². The first-order valence-electron chi connectivity index (χ1n) is 3.45. The second kappa shape index (κ2) is 3.67. The van der Waals surface area contributed by atoms with Crippen molar-refractivity contribution in [1.82, 2.24) is 0 Å². The highest BCUT2D eigenvalue weighted by Gasteiger charge is 2.20. The van der Waals surface area contributed by atoms with Crippen LogP contribution in [0, 0.1) is 0 Å². The van der Waals surface area contributed by atoms with Gasteiger partial charge in [0.05, 0.1) is 11.1 Å². The smallest absolute Gasteiger partial charge is 0.234 e. The fourth-order valence-corrected chi connectivity index (χ4v) is 1.23. The summed E-state index contributed by atoms with van der Waals surface area (Å²) in [7, 11) is 0. The Morgan fingerprint density at radius 1 is 1.42 bits per heavy atom. The Morgan fingerprint density at radius 3 is 2.67 bits per heavy atom. The molecule has 0 aromatic heterocycles. The predicted molar refractivity (Wildman–Crippen MR) is 46.7 cm³/mol. The zero-order valence-corrected chi connectivity index (χ0v) is 8.05. The van der Waals surface area contributed by atoms with Crippen molar-refractivity contribution >= 4 is 27.5 Å². The van der Waals surface area contributed by atoms with Gasteiger partial charge in [-0.2, -0.15) is 0 Å². The van der Waals surface area contributed by atoms with Crippen LogP contribution in [0.1, 0.15) is 6.92 Å². The molecule has 0 amide bonds. The molecule has 0 saturated carbocycles. The first-order valence-corrected chi connectivity index (χ1v) is 4.24. The monoisotopic (exact) mass is 230 g/mol. The number of Topliss-reactive ketones (excluding diaryl/α,β-unsaturated/α-hetero) is 1. The summed E-state index contributed by atoms with van der Waals surface area (Å²) in [6.45, 7) is 2.13. The second-order valence-electron chi connectivity index (χ2n) is 2.17. The topological polar surface area (TPSA) is 43.4 Å². The van der Waals surface area contributed by atoms with E-state index in [0.29, 0.717) is 6.61 Å². The van der Waals surface area contributed by atoms with Gasteiger partial charge in [-0.3, -0.25) is 9.59 Å². The number of carbonyl (C=O) groups is 2. The number of ether oxygens (including phenoxy) is 1. The third-order valence-electron chi connectivity index (χ3n) is 1.28. The normalized spacial score (nSPS) is 17.2. The van der Waals surface area contributed by atoms with Gasteiger partial charge >= 0.3 is 0 Å². The van der Waals surface area contributed by atoms with Crippen molar-refractivity contribution in [2.45, 2.75) is 6.92 Å². The number of rotatable bonds is 2. The highest BCUT2D eigenvalue weighted by molar-refractivity contribution is 9.12. The number of allylic oxidation sites excluding steroid dienone is 3. The number of hydrogen-bond acceptors (Lipinski definition) is 3. The Hall–Kier alpha value is -0.900. The van der Waals surface area contributed by atoms with E-state index in [-0.39, 0.29) is 21.8 Å². The van der Waals surface area contributed by atoms with Crippen molar-refractivity contribution in [3.05, 3.63) is 22.4 Å². The lowest BCUT2D eigenvalue weighted by Gasteiger charge is -2.09. The van der Waals surface area contributed by atoms with Gasteiger partial charge in [-0.25, -0.2) is 0 Å². The van der Waals surface area contributed by atoms with Crippen LogP contribution in [0.5, 0.6) is 0 Å². The summed E-state index contributed by atoms with van der Waals surface area (Å²) in [6.07, 6.45) is 2.42. The molecular formula is C8H7BrO3. The first-order chi connectivity index (χ1) is 5.65. The summed E-state index contributed by atoms with van der Waals surface area (Å²) in [5.74, 6) is -0.404. The van der Waals surface area contributed by atoms with Gasteiger partial charge in [-0.05, 0) is 22.9 Å². The molecule has 0 aromatic rings. The summed E-state index contributed by atoms with van der Waals surface area (Å²) in [5.41, 5.74) is 0. The zero-order valence-electron chi connectivity index (χ0n) is 6.46. The van der Waals surface area contributed by atoms with E-state index in [1.54, 1.807) is 6.92 Å². The van der Waals surface area contributed by atoms with Crippen molar-refractivity contribution in [2.24, 2.45) is 0 Å². The minimum atomic E-state index is -0.281. The lowest BCUT2D eigenvalue weighted by atomic mass is 10.1. The number of ketones is 2. The van der Waals surface area contributed by atoms with E-state index in [4.69, 9.17) is 4.74 Å². The fourth-order valence-electron chi connectivity index (χ4n) is 0.807. The first kappa shape index (κ1) is 9.19. The maximum atomic E-state index is 11.2. The van der Waals surface area contributed by atoms with Gasteiger partial charge in [0.15, 0.2) is 11.5 Å². The Bertz CT molecular complexity index is 289. The molecule has 1 aliphatic rings. The Balaban J connectivity index is 2.88. The Kier molecular flexibility index (Phi) is 2.81. The molecule has 64 valence electrons. The molecule has 0 aromatic carbocycles. The van der Waals surface area contributed by atoms with Gasteiger partial charge in [-0.1, -0.05) is 0 Å². The van der Waals surface area contributed by atoms with Crippen LogP contribution in [-0.4, -0.2) is 18.2 Å². The third kappa shape index (κ3) is 1.82. The molecular weight excluding hydrogens is 224 g/mol. The van der Waals surface area contributed by atoms with E-state index < -0.39 is 0 Å². The molecule has 0 bridgehead atoms. The molecule has 0 unspecified atom stereocenters. The van der Waals surface area contributed by atoms with Crippen LogP contribution in [0.25, 0.3) is 0 Å². The van der Waals surface area contributed by atoms with E-state index in [0.717, 1.165) is 0 Å². The van der Waals surface area contributed by atoms with Crippen molar-refractivity contribution in [3.63, 3.8) is 0 Å². The molecule has 0 aliphatic heterocycles.